The Balaban J connectivity index is 2.57. The third-order valence-corrected chi connectivity index (χ3v) is 3.07. The van der Waals surface area contributed by atoms with Crippen LogP contribution in [0.15, 0.2) is 24.3 Å². The molecule has 4 nitrogen and oxygen atoms in total. The van der Waals surface area contributed by atoms with Crippen LogP contribution in [0.25, 0.3) is 11.4 Å². The highest BCUT2D eigenvalue weighted by Gasteiger charge is 2.08. The van der Waals surface area contributed by atoms with E-state index in [1.165, 1.54) is 0 Å². The molecule has 1 aromatic carbocycles. The van der Waals surface area contributed by atoms with Gasteiger partial charge in [0.15, 0.2) is 11.6 Å². The molecule has 0 amide bonds. The van der Waals surface area contributed by atoms with Crippen LogP contribution >= 0.6 is 34.2 Å². The second-order valence-corrected chi connectivity index (χ2v) is 4.61. The fraction of sp³-hybridized carbons (Fsp3) is 0. The van der Waals surface area contributed by atoms with Gasteiger partial charge >= 0.3 is 0 Å². The van der Waals surface area contributed by atoms with Crippen LogP contribution in [0.4, 0.5) is 11.5 Å². The van der Waals surface area contributed by atoms with Gasteiger partial charge in [-0.1, -0.05) is 23.7 Å². The fourth-order valence-electron chi connectivity index (χ4n) is 1.21. The van der Waals surface area contributed by atoms with Gasteiger partial charge in [0.25, 0.3) is 0 Å². The van der Waals surface area contributed by atoms with Gasteiger partial charge in [0.1, 0.15) is 9.39 Å². The molecule has 0 bridgehead atoms. The molecule has 0 saturated heterocycles. The lowest BCUT2D eigenvalue weighted by Crippen LogP contribution is -2.04. The number of nitrogens with two attached hydrogens (primary N) is 2. The molecule has 2 aromatic rings. The van der Waals surface area contributed by atoms with E-state index in [9.17, 15) is 0 Å². The predicted molar refractivity (Wildman–Crippen MR) is 74.0 cm³/mol. The zero-order valence-corrected chi connectivity index (χ0v) is 11.0. The van der Waals surface area contributed by atoms with Crippen LogP contribution in [0.2, 0.25) is 5.02 Å². The molecule has 0 radical (unpaired) electrons. The maximum absolute atomic E-state index is 5.89. The van der Waals surface area contributed by atoms with Gasteiger partial charge in [0.05, 0.1) is 0 Å². The Labute approximate surface area is 111 Å². The Morgan fingerprint density at radius 1 is 1.19 bits per heavy atom. The summed E-state index contributed by atoms with van der Waals surface area (Å²) in [5.74, 6) is 0.813. The normalized spacial score (nSPS) is 10.4. The lowest BCUT2D eigenvalue weighted by atomic mass is 10.2. The molecule has 4 N–H and O–H groups in total. The molecule has 0 fully saturated rings. The van der Waals surface area contributed by atoms with Gasteiger partial charge in [-0.2, -0.15) is 0 Å². The van der Waals surface area contributed by atoms with Crippen LogP contribution in [-0.2, 0) is 0 Å². The van der Waals surface area contributed by atoms with Crippen LogP contribution in [0.3, 0.4) is 0 Å². The number of benzene rings is 1. The van der Waals surface area contributed by atoms with Crippen molar-refractivity contribution in [3.63, 3.8) is 0 Å². The molecule has 6 heteroatoms. The first-order chi connectivity index (χ1) is 7.58. The van der Waals surface area contributed by atoms with E-state index in [-0.39, 0.29) is 5.82 Å². The molecule has 0 aliphatic rings. The Morgan fingerprint density at radius 2 is 1.94 bits per heavy atom. The highest BCUT2D eigenvalue weighted by atomic mass is 127. The zero-order valence-electron chi connectivity index (χ0n) is 8.11. The Hall–Kier alpha value is -1.08. The maximum atomic E-state index is 5.89. The second kappa shape index (κ2) is 4.42. The van der Waals surface area contributed by atoms with E-state index in [1.54, 1.807) is 12.1 Å². The van der Waals surface area contributed by atoms with Gasteiger partial charge in [-0.25, -0.2) is 9.97 Å². The van der Waals surface area contributed by atoms with E-state index in [2.05, 4.69) is 9.97 Å². The van der Waals surface area contributed by atoms with E-state index >= 15 is 0 Å². The third-order valence-electron chi connectivity index (χ3n) is 2.01. The molecule has 0 saturated carbocycles. The van der Waals surface area contributed by atoms with Crippen LogP contribution in [0, 0.1) is 3.70 Å². The molecule has 0 atom stereocenters. The first-order valence-corrected chi connectivity index (χ1v) is 5.88. The van der Waals surface area contributed by atoms with Gasteiger partial charge < -0.3 is 11.5 Å². The minimum atomic E-state index is 0.286. The van der Waals surface area contributed by atoms with E-state index in [1.807, 2.05) is 34.7 Å². The van der Waals surface area contributed by atoms with Crippen LogP contribution in [0.1, 0.15) is 0 Å². The van der Waals surface area contributed by atoms with Crippen molar-refractivity contribution < 1.29 is 0 Å². The van der Waals surface area contributed by atoms with Crippen molar-refractivity contribution in [3.8, 4) is 11.4 Å². The largest absolute Gasteiger partial charge is 0.394 e. The zero-order chi connectivity index (χ0) is 11.7. The summed E-state index contributed by atoms with van der Waals surface area (Å²) in [5.41, 5.74) is 12.6. The smallest absolute Gasteiger partial charge is 0.162 e. The number of hydrogen-bond donors (Lipinski definition) is 2. The predicted octanol–water partition coefficient (Wildman–Crippen LogP) is 2.57. The SMILES string of the molecule is Nc1nc(-c2cccc(Cl)c2)nc(I)c1N. The molecule has 0 spiro atoms. The monoisotopic (exact) mass is 346 g/mol. The van der Waals surface area contributed by atoms with Crippen molar-refractivity contribution in [3.05, 3.63) is 33.0 Å². The topological polar surface area (TPSA) is 77.8 Å². The van der Waals surface area contributed by atoms with E-state index < -0.39 is 0 Å². The highest BCUT2D eigenvalue weighted by Crippen LogP contribution is 2.24. The Morgan fingerprint density at radius 3 is 2.56 bits per heavy atom. The molecule has 1 aromatic heterocycles. The Kier molecular flexibility index (Phi) is 3.15. The molecule has 2 rings (SSSR count). The number of nitrogens with zero attached hydrogens (tertiary/aromatic N) is 2. The average Bonchev–Trinajstić information content (AvgIpc) is 2.25. The van der Waals surface area contributed by atoms with Crippen molar-refractivity contribution in [2.75, 3.05) is 11.5 Å². The van der Waals surface area contributed by atoms with E-state index in [4.69, 9.17) is 23.1 Å². The van der Waals surface area contributed by atoms with Gasteiger partial charge in [0, 0.05) is 10.6 Å². The number of rotatable bonds is 1. The summed E-state index contributed by atoms with van der Waals surface area (Å²) in [5, 5.41) is 0.631. The molecule has 0 unspecified atom stereocenters. The van der Waals surface area contributed by atoms with Gasteiger partial charge in [0.2, 0.25) is 0 Å². The number of halogens is 2. The molecule has 1 heterocycles. The summed E-state index contributed by atoms with van der Waals surface area (Å²) in [6, 6.07) is 7.27. The third kappa shape index (κ3) is 2.19. The lowest BCUT2D eigenvalue weighted by Gasteiger charge is -2.05. The van der Waals surface area contributed by atoms with Crippen molar-refractivity contribution in [2.45, 2.75) is 0 Å². The average molecular weight is 347 g/mol. The first kappa shape index (κ1) is 11.4. The quantitative estimate of drug-likeness (QED) is 0.614. The van der Waals surface area contributed by atoms with Crippen LogP contribution < -0.4 is 11.5 Å². The van der Waals surface area contributed by atoms with E-state index in [0.717, 1.165) is 5.56 Å². The van der Waals surface area contributed by atoms with Gasteiger partial charge in [-0.15, -0.1) is 0 Å². The molecular weight excluding hydrogens is 338 g/mol. The summed E-state index contributed by atoms with van der Waals surface area (Å²) >= 11 is 7.91. The molecule has 0 aliphatic carbocycles. The number of anilines is 2. The fourth-order valence-corrected chi connectivity index (χ4v) is 1.91. The highest BCUT2D eigenvalue weighted by molar-refractivity contribution is 14.1. The number of hydrogen-bond acceptors (Lipinski definition) is 4. The maximum Gasteiger partial charge on any atom is 0.162 e. The minimum Gasteiger partial charge on any atom is -0.394 e. The molecular formula is C10H8ClIN4. The van der Waals surface area contributed by atoms with Crippen LogP contribution in [0.5, 0.6) is 0 Å². The van der Waals surface area contributed by atoms with Crippen molar-refractivity contribution >= 4 is 45.7 Å². The summed E-state index contributed by atoms with van der Waals surface area (Å²) < 4.78 is 0.639. The van der Waals surface area contributed by atoms with Crippen molar-refractivity contribution in [1.82, 2.24) is 9.97 Å². The van der Waals surface area contributed by atoms with Crippen molar-refractivity contribution in [2.24, 2.45) is 0 Å². The second-order valence-electron chi connectivity index (χ2n) is 3.15. The summed E-state index contributed by atoms with van der Waals surface area (Å²) in [6.45, 7) is 0. The number of nitrogen functional groups attached to an aromatic ring is 2. The lowest BCUT2D eigenvalue weighted by molar-refractivity contribution is 1.16. The minimum absolute atomic E-state index is 0.286. The standard InChI is InChI=1S/C10H8ClIN4/c11-6-3-1-2-5(4-6)10-15-8(12)7(13)9(14)16-10/h1-4H,13H2,(H2,14,15,16). The Bertz CT molecular complexity index is 521. The van der Waals surface area contributed by atoms with Gasteiger partial charge in [-0.3, -0.25) is 0 Å². The first-order valence-electron chi connectivity index (χ1n) is 4.42. The summed E-state index contributed by atoms with van der Waals surface area (Å²) in [6.07, 6.45) is 0. The van der Waals surface area contributed by atoms with Gasteiger partial charge in [-0.05, 0) is 34.7 Å². The molecule has 82 valence electrons. The van der Waals surface area contributed by atoms with Crippen molar-refractivity contribution in [1.29, 1.82) is 0 Å². The summed E-state index contributed by atoms with van der Waals surface area (Å²) in [4.78, 5) is 8.38. The van der Waals surface area contributed by atoms with E-state index in [0.29, 0.717) is 20.2 Å². The summed E-state index contributed by atoms with van der Waals surface area (Å²) in [7, 11) is 0. The number of aromatic nitrogens is 2. The van der Waals surface area contributed by atoms with Crippen LogP contribution in [-0.4, -0.2) is 9.97 Å². The molecule has 0 aliphatic heterocycles. The molecule has 16 heavy (non-hydrogen) atoms.